The van der Waals surface area contributed by atoms with Crippen molar-refractivity contribution >= 4 is 5.97 Å². The Morgan fingerprint density at radius 2 is 1.75 bits per heavy atom. The van der Waals surface area contributed by atoms with Gasteiger partial charge in [-0.3, -0.25) is 4.90 Å². The van der Waals surface area contributed by atoms with Crippen LogP contribution in [-0.2, 0) is 4.79 Å². The Balaban J connectivity index is 1.67. The summed E-state index contributed by atoms with van der Waals surface area (Å²) in [5, 5.41) is 8.76. The average molecular weight is 224 g/mol. The lowest BCUT2D eigenvalue weighted by atomic mass is 10.2. The lowest BCUT2D eigenvalue weighted by Crippen LogP contribution is -2.47. The van der Waals surface area contributed by atoms with Gasteiger partial charge < -0.3 is 10.0 Å². The van der Waals surface area contributed by atoms with Crippen molar-refractivity contribution in [3.63, 3.8) is 0 Å². The van der Waals surface area contributed by atoms with Crippen LogP contribution >= 0.6 is 0 Å². The Labute approximate surface area is 96.5 Å². The summed E-state index contributed by atoms with van der Waals surface area (Å²) in [6, 6.07) is 0. The minimum Gasteiger partial charge on any atom is -0.478 e. The summed E-state index contributed by atoms with van der Waals surface area (Å²) in [4.78, 5) is 15.3. The molecule has 0 aromatic rings. The second-order valence-corrected chi connectivity index (χ2v) is 4.93. The highest BCUT2D eigenvalue weighted by atomic mass is 16.4. The maximum absolute atomic E-state index is 10.7. The first-order chi connectivity index (χ1) is 7.65. The molecule has 90 valence electrons. The van der Waals surface area contributed by atoms with Gasteiger partial charge in [0.25, 0.3) is 0 Å². The summed E-state index contributed by atoms with van der Waals surface area (Å²) < 4.78 is 0. The number of carbonyl (C=O) groups is 1. The highest BCUT2D eigenvalue weighted by molar-refractivity contribution is 5.86. The van der Waals surface area contributed by atoms with E-state index in [1.165, 1.54) is 19.4 Å². The third-order valence-corrected chi connectivity index (χ3v) is 3.40. The van der Waals surface area contributed by atoms with Crippen LogP contribution in [0.5, 0.6) is 0 Å². The monoisotopic (exact) mass is 224 g/mol. The molecule has 1 aliphatic carbocycles. The molecule has 1 saturated carbocycles. The molecule has 2 fully saturated rings. The minimum absolute atomic E-state index is 0.302. The van der Waals surface area contributed by atoms with E-state index >= 15 is 0 Å². The largest absolute Gasteiger partial charge is 0.478 e. The molecule has 0 aromatic carbocycles. The van der Waals surface area contributed by atoms with Gasteiger partial charge in [0.15, 0.2) is 0 Å². The van der Waals surface area contributed by atoms with Crippen molar-refractivity contribution in [1.82, 2.24) is 9.80 Å². The molecular weight excluding hydrogens is 204 g/mol. The lowest BCUT2D eigenvalue weighted by Gasteiger charge is -2.34. The van der Waals surface area contributed by atoms with E-state index in [2.05, 4.69) is 16.4 Å². The van der Waals surface area contributed by atoms with Crippen molar-refractivity contribution in [1.29, 1.82) is 0 Å². The van der Waals surface area contributed by atoms with Gasteiger partial charge in [-0.15, -0.1) is 0 Å². The normalized spacial score (nSPS) is 23.2. The van der Waals surface area contributed by atoms with Gasteiger partial charge in [0.05, 0.1) is 0 Å². The second kappa shape index (κ2) is 4.97. The fourth-order valence-electron chi connectivity index (χ4n) is 2.13. The van der Waals surface area contributed by atoms with Crippen molar-refractivity contribution in [3.05, 3.63) is 12.2 Å². The zero-order chi connectivity index (χ0) is 11.5. The minimum atomic E-state index is -0.875. The molecule has 0 spiro atoms. The van der Waals surface area contributed by atoms with E-state index in [-0.39, 0.29) is 0 Å². The summed E-state index contributed by atoms with van der Waals surface area (Å²) in [5.41, 5.74) is 0.302. The quantitative estimate of drug-likeness (QED) is 0.697. The summed E-state index contributed by atoms with van der Waals surface area (Å²) in [5.74, 6) is 0.0703. The summed E-state index contributed by atoms with van der Waals surface area (Å²) in [7, 11) is 0. The number of hydrogen-bond donors (Lipinski definition) is 1. The van der Waals surface area contributed by atoms with Crippen molar-refractivity contribution < 1.29 is 9.90 Å². The van der Waals surface area contributed by atoms with Gasteiger partial charge in [-0.1, -0.05) is 6.58 Å². The van der Waals surface area contributed by atoms with Crippen LogP contribution in [0.1, 0.15) is 12.8 Å². The highest BCUT2D eigenvalue weighted by Gasteiger charge is 2.26. The maximum Gasteiger partial charge on any atom is 0.332 e. The lowest BCUT2D eigenvalue weighted by molar-refractivity contribution is -0.132. The molecule has 0 bridgehead atoms. The molecular formula is C12H20N2O2. The van der Waals surface area contributed by atoms with E-state index < -0.39 is 5.97 Å². The van der Waals surface area contributed by atoms with Crippen LogP contribution in [0.15, 0.2) is 12.2 Å². The fraction of sp³-hybridized carbons (Fsp3) is 0.750. The standard InChI is InChI=1S/C12H20N2O2/c1-10(12(15)16)8-13-4-6-14(7-5-13)9-11-2-3-11/h11H,1-9H2,(H,15,16). The van der Waals surface area contributed by atoms with Crippen molar-refractivity contribution in [2.45, 2.75) is 12.8 Å². The van der Waals surface area contributed by atoms with Crippen LogP contribution in [0.2, 0.25) is 0 Å². The summed E-state index contributed by atoms with van der Waals surface area (Å²) in [6.45, 7) is 9.41. The van der Waals surface area contributed by atoms with E-state index in [9.17, 15) is 4.79 Å². The van der Waals surface area contributed by atoms with Crippen LogP contribution in [0, 0.1) is 5.92 Å². The molecule has 2 rings (SSSR count). The molecule has 1 N–H and O–H groups in total. The van der Waals surface area contributed by atoms with Crippen molar-refractivity contribution in [3.8, 4) is 0 Å². The first kappa shape index (κ1) is 11.6. The van der Waals surface area contributed by atoms with Gasteiger partial charge in [-0.25, -0.2) is 4.79 Å². The van der Waals surface area contributed by atoms with Crippen LogP contribution in [0.3, 0.4) is 0 Å². The first-order valence-electron chi connectivity index (χ1n) is 6.01. The molecule has 1 aliphatic heterocycles. The topological polar surface area (TPSA) is 43.8 Å². The zero-order valence-electron chi connectivity index (χ0n) is 9.69. The number of carboxylic acids is 1. The predicted octanol–water partition coefficient (Wildman–Crippen LogP) is 0.655. The molecule has 16 heavy (non-hydrogen) atoms. The summed E-state index contributed by atoms with van der Waals surface area (Å²) >= 11 is 0. The molecule has 0 unspecified atom stereocenters. The Kier molecular flexibility index (Phi) is 3.61. The Morgan fingerprint density at radius 3 is 2.25 bits per heavy atom. The molecule has 0 aromatic heterocycles. The molecule has 0 radical (unpaired) electrons. The average Bonchev–Trinajstić information content (AvgIpc) is 3.04. The van der Waals surface area contributed by atoms with Gasteiger partial charge in [-0.05, 0) is 18.8 Å². The number of hydrogen-bond acceptors (Lipinski definition) is 3. The zero-order valence-corrected chi connectivity index (χ0v) is 9.69. The van der Waals surface area contributed by atoms with Crippen LogP contribution < -0.4 is 0 Å². The first-order valence-corrected chi connectivity index (χ1v) is 6.01. The van der Waals surface area contributed by atoms with Crippen molar-refractivity contribution in [2.75, 3.05) is 39.3 Å². The number of piperazine rings is 1. The van der Waals surface area contributed by atoms with Gasteiger partial charge in [0.1, 0.15) is 0 Å². The van der Waals surface area contributed by atoms with E-state index in [1.54, 1.807) is 0 Å². The van der Waals surface area contributed by atoms with E-state index in [0.29, 0.717) is 12.1 Å². The van der Waals surface area contributed by atoms with E-state index in [0.717, 1.165) is 32.1 Å². The van der Waals surface area contributed by atoms with Crippen LogP contribution in [-0.4, -0.2) is 60.1 Å². The van der Waals surface area contributed by atoms with Crippen molar-refractivity contribution in [2.24, 2.45) is 5.92 Å². The number of nitrogens with zero attached hydrogens (tertiary/aromatic N) is 2. The Morgan fingerprint density at radius 1 is 1.19 bits per heavy atom. The molecule has 2 aliphatic rings. The molecule has 4 heteroatoms. The molecule has 1 saturated heterocycles. The SMILES string of the molecule is C=C(CN1CCN(CC2CC2)CC1)C(=O)O. The highest BCUT2D eigenvalue weighted by Crippen LogP contribution is 2.29. The Hall–Kier alpha value is -0.870. The smallest absolute Gasteiger partial charge is 0.332 e. The third-order valence-electron chi connectivity index (χ3n) is 3.40. The summed E-state index contributed by atoms with van der Waals surface area (Å²) in [6.07, 6.45) is 2.80. The Bertz CT molecular complexity index is 279. The number of rotatable bonds is 5. The van der Waals surface area contributed by atoms with Gasteiger partial charge in [0, 0.05) is 44.8 Å². The molecule has 4 nitrogen and oxygen atoms in total. The fourth-order valence-corrected chi connectivity index (χ4v) is 2.13. The van der Waals surface area contributed by atoms with Gasteiger partial charge in [0.2, 0.25) is 0 Å². The van der Waals surface area contributed by atoms with Gasteiger partial charge >= 0.3 is 5.97 Å². The van der Waals surface area contributed by atoms with Crippen LogP contribution in [0.4, 0.5) is 0 Å². The molecule has 0 amide bonds. The number of aliphatic carboxylic acids is 1. The molecule has 1 heterocycles. The molecule has 0 atom stereocenters. The van der Waals surface area contributed by atoms with Gasteiger partial charge in [-0.2, -0.15) is 0 Å². The maximum atomic E-state index is 10.7. The third kappa shape index (κ3) is 3.32. The van der Waals surface area contributed by atoms with E-state index in [1.807, 2.05) is 0 Å². The van der Waals surface area contributed by atoms with E-state index in [4.69, 9.17) is 5.11 Å². The predicted molar refractivity (Wildman–Crippen MR) is 62.4 cm³/mol. The number of carboxylic acid groups (broad SMARTS) is 1. The van der Waals surface area contributed by atoms with Crippen LogP contribution in [0.25, 0.3) is 0 Å². The second-order valence-electron chi connectivity index (χ2n) is 4.93.